The number of nitrogens with one attached hydrogen (secondary N) is 1. The van der Waals surface area contributed by atoms with E-state index in [4.69, 9.17) is 5.11 Å². The molecule has 1 rings (SSSR count). The Morgan fingerprint density at radius 1 is 1.56 bits per heavy atom. The molecule has 1 atom stereocenters. The highest BCUT2D eigenvalue weighted by molar-refractivity contribution is 9.10. The molecule has 1 unspecified atom stereocenters. The van der Waals surface area contributed by atoms with Crippen LogP contribution in [0.4, 0.5) is 0 Å². The first-order chi connectivity index (χ1) is 7.50. The van der Waals surface area contributed by atoms with Gasteiger partial charge in [0.1, 0.15) is 0 Å². The second-order valence-corrected chi connectivity index (χ2v) is 4.77. The average molecular weight is 286 g/mol. The van der Waals surface area contributed by atoms with E-state index in [2.05, 4.69) is 21.2 Å². The predicted octanol–water partition coefficient (Wildman–Crippen LogP) is 2.26. The van der Waals surface area contributed by atoms with Crippen molar-refractivity contribution in [1.82, 2.24) is 5.32 Å². The molecule has 1 amide bonds. The van der Waals surface area contributed by atoms with Gasteiger partial charge in [0.15, 0.2) is 0 Å². The number of carbonyl (C=O) groups excluding carboxylic acids is 1. The van der Waals surface area contributed by atoms with E-state index >= 15 is 0 Å². The Balaban J connectivity index is 2.59. The lowest BCUT2D eigenvalue weighted by atomic mass is 10.1. The van der Waals surface area contributed by atoms with E-state index in [1.54, 1.807) is 13.0 Å². The molecule has 4 heteroatoms. The van der Waals surface area contributed by atoms with Crippen LogP contribution in [-0.4, -0.2) is 23.7 Å². The highest BCUT2D eigenvalue weighted by atomic mass is 79.9. The lowest BCUT2D eigenvalue weighted by molar-refractivity contribution is 0.0945. The Morgan fingerprint density at radius 2 is 2.25 bits per heavy atom. The summed E-state index contributed by atoms with van der Waals surface area (Å²) in [5, 5.41) is 11.8. The van der Waals surface area contributed by atoms with Gasteiger partial charge in [0.25, 0.3) is 5.91 Å². The van der Waals surface area contributed by atoms with Crippen LogP contribution in [0.3, 0.4) is 0 Å². The van der Waals surface area contributed by atoms with Crippen molar-refractivity contribution >= 4 is 21.8 Å². The molecule has 0 saturated carbocycles. The van der Waals surface area contributed by atoms with Gasteiger partial charge in [-0.1, -0.05) is 15.9 Å². The SMILES string of the molecule is Cc1cc(Br)ccc1C(=O)NCCC(C)O. The van der Waals surface area contributed by atoms with Crippen molar-refractivity contribution in [1.29, 1.82) is 0 Å². The van der Waals surface area contributed by atoms with Gasteiger partial charge in [-0.3, -0.25) is 4.79 Å². The van der Waals surface area contributed by atoms with Gasteiger partial charge in [0.05, 0.1) is 6.10 Å². The minimum atomic E-state index is -0.383. The molecule has 0 aliphatic heterocycles. The molecular formula is C12H16BrNO2. The lowest BCUT2D eigenvalue weighted by Gasteiger charge is -2.09. The van der Waals surface area contributed by atoms with Gasteiger partial charge in [0, 0.05) is 16.6 Å². The summed E-state index contributed by atoms with van der Waals surface area (Å²) in [6.45, 7) is 4.09. The van der Waals surface area contributed by atoms with Gasteiger partial charge in [-0.15, -0.1) is 0 Å². The lowest BCUT2D eigenvalue weighted by Crippen LogP contribution is -2.27. The number of rotatable bonds is 4. The van der Waals surface area contributed by atoms with Gasteiger partial charge in [-0.2, -0.15) is 0 Å². The highest BCUT2D eigenvalue weighted by Crippen LogP contribution is 2.15. The van der Waals surface area contributed by atoms with Crippen molar-refractivity contribution in [3.05, 3.63) is 33.8 Å². The Bertz CT molecular complexity index is 377. The van der Waals surface area contributed by atoms with Crippen LogP contribution in [0, 0.1) is 6.92 Å². The summed E-state index contributed by atoms with van der Waals surface area (Å²) >= 11 is 3.35. The molecule has 0 aromatic heterocycles. The van der Waals surface area contributed by atoms with Crippen molar-refractivity contribution in [2.45, 2.75) is 26.4 Å². The van der Waals surface area contributed by atoms with Gasteiger partial charge < -0.3 is 10.4 Å². The summed E-state index contributed by atoms with van der Waals surface area (Å²) in [5.74, 6) is -0.0920. The molecular weight excluding hydrogens is 270 g/mol. The van der Waals surface area contributed by atoms with E-state index in [0.29, 0.717) is 18.5 Å². The molecule has 0 aliphatic carbocycles. The number of hydrogen-bond donors (Lipinski definition) is 2. The van der Waals surface area contributed by atoms with E-state index in [9.17, 15) is 4.79 Å². The molecule has 0 heterocycles. The molecule has 0 bridgehead atoms. The van der Waals surface area contributed by atoms with Crippen LogP contribution in [-0.2, 0) is 0 Å². The van der Waals surface area contributed by atoms with Gasteiger partial charge in [-0.05, 0) is 44.0 Å². The molecule has 3 nitrogen and oxygen atoms in total. The van der Waals surface area contributed by atoms with Crippen LogP contribution in [0.5, 0.6) is 0 Å². The molecule has 16 heavy (non-hydrogen) atoms. The Hall–Kier alpha value is -0.870. The smallest absolute Gasteiger partial charge is 0.251 e. The van der Waals surface area contributed by atoms with Crippen molar-refractivity contribution in [2.24, 2.45) is 0 Å². The second-order valence-electron chi connectivity index (χ2n) is 3.85. The van der Waals surface area contributed by atoms with Crippen LogP contribution >= 0.6 is 15.9 Å². The summed E-state index contributed by atoms with van der Waals surface area (Å²) in [6.07, 6.45) is 0.188. The molecule has 0 saturated heterocycles. The van der Waals surface area contributed by atoms with Crippen molar-refractivity contribution < 1.29 is 9.90 Å². The largest absolute Gasteiger partial charge is 0.393 e. The van der Waals surface area contributed by atoms with Crippen LogP contribution in [0.25, 0.3) is 0 Å². The number of carbonyl (C=O) groups is 1. The zero-order chi connectivity index (χ0) is 12.1. The molecule has 0 radical (unpaired) electrons. The molecule has 88 valence electrons. The zero-order valence-corrected chi connectivity index (χ0v) is 11.0. The fraction of sp³-hybridized carbons (Fsp3) is 0.417. The minimum Gasteiger partial charge on any atom is -0.393 e. The summed E-state index contributed by atoms with van der Waals surface area (Å²) < 4.78 is 0.963. The number of aliphatic hydroxyl groups is 1. The Labute approximate surface area is 104 Å². The average Bonchev–Trinajstić information content (AvgIpc) is 2.16. The van der Waals surface area contributed by atoms with Gasteiger partial charge in [0.2, 0.25) is 0 Å². The quantitative estimate of drug-likeness (QED) is 0.892. The highest BCUT2D eigenvalue weighted by Gasteiger charge is 2.08. The molecule has 0 fully saturated rings. The normalized spacial score (nSPS) is 12.2. The maximum Gasteiger partial charge on any atom is 0.251 e. The van der Waals surface area contributed by atoms with Crippen LogP contribution in [0.1, 0.15) is 29.3 Å². The third kappa shape index (κ3) is 3.94. The standard InChI is InChI=1S/C12H16BrNO2/c1-8-7-10(13)3-4-11(8)12(16)14-6-5-9(2)15/h3-4,7,9,15H,5-6H2,1-2H3,(H,14,16). The molecule has 2 N–H and O–H groups in total. The third-order valence-corrected chi connectivity index (χ3v) is 2.77. The van der Waals surface area contributed by atoms with E-state index in [-0.39, 0.29) is 12.0 Å². The molecule has 1 aromatic carbocycles. The van der Waals surface area contributed by atoms with Crippen LogP contribution in [0.2, 0.25) is 0 Å². The van der Waals surface area contributed by atoms with Crippen LogP contribution < -0.4 is 5.32 Å². The number of aliphatic hydroxyl groups excluding tert-OH is 1. The number of halogens is 1. The summed E-state index contributed by atoms with van der Waals surface area (Å²) in [4.78, 5) is 11.8. The van der Waals surface area contributed by atoms with E-state index in [0.717, 1.165) is 10.0 Å². The van der Waals surface area contributed by atoms with Gasteiger partial charge in [-0.25, -0.2) is 0 Å². The topological polar surface area (TPSA) is 49.3 Å². The number of benzene rings is 1. The number of amides is 1. The third-order valence-electron chi connectivity index (χ3n) is 2.28. The van der Waals surface area contributed by atoms with E-state index < -0.39 is 0 Å². The monoisotopic (exact) mass is 285 g/mol. The fourth-order valence-electron chi connectivity index (χ4n) is 1.37. The number of hydrogen-bond acceptors (Lipinski definition) is 2. The summed E-state index contributed by atoms with van der Waals surface area (Å²) in [5.41, 5.74) is 1.61. The van der Waals surface area contributed by atoms with Crippen LogP contribution in [0.15, 0.2) is 22.7 Å². The molecule has 0 spiro atoms. The Kier molecular flexibility index (Phi) is 4.96. The van der Waals surface area contributed by atoms with Gasteiger partial charge >= 0.3 is 0 Å². The molecule has 0 aliphatic rings. The maximum absolute atomic E-state index is 11.8. The van der Waals surface area contributed by atoms with E-state index in [1.807, 2.05) is 19.1 Å². The summed E-state index contributed by atoms with van der Waals surface area (Å²) in [6, 6.07) is 5.54. The first kappa shape index (κ1) is 13.2. The maximum atomic E-state index is 11.8. The fourth-order valence-corrected chi connectivity index (χ4v) is 1.85. The van der Waals surface area contributed by atoms with Crippen molar-refractivity contribution in [2.75, 3.05) is 6.54 Å². The van der Waals surface area contributed by atoms with Crippen molar-refractivity contribution in [3.8, 4) is 0 Å². The first-order valence-electron chi connectivity index (χ1n) is 5.23. The van der Waals surface area contributed by atoms with Crippen molar-refractivity contribution in [3.63, 3.8) is 0 Å². The minimum absolute atomic E-state index is 0.0920. The number of aryl methyl sites for hydroxylation is 1. The Morgan fingerprint density at radius 3 is 2.81 bits per heavy atom. The second kappa shape index (κ2) is 6.01. The van der Waals surface area contributed by atoms with E-state index in [1.165, 1.54) is 0 Å². The predicted molar refractivity (Wildman–Crippen MR) is 67.5 cm³/mol. The summed E-state index contributed by atoms with van der Waals surface area (Å²) in [7, 11) is 0. The first-order valence-corrected chi connectivity index (χ1v) is 6.02. The zero-order valence-electron chi connectivity index (χ0n) is 9.46. The molecule has 1 aromatic rings.